The molecule has 8 nitrogen and oxygen atoms in total. The lowest BCUT2D eigenvalue weighted by Gasteiger charge is -2.39. The summed E-state index contributed by atoms with van der Waals surface area (Å²) in [5.74, 6) is 3.97. The molecular formula is C33H49ClN2O6Si. The molecule has 0 unspecified atom stereocenters. The molecule has 1 aliphatic rings. The number of halogens is 1. The van der Waals surface area contributed by atoms with Crippen molar-refractivity contribution in [3.63, 3.8) is 0 Å². The van der Waals surface area contributed by atoms with Crippen LogP contribution in [0.1, 0.15) is 67.7 Å². The molecule has 4 atom stereocenters. The molecule has 0 aromatic heterocycles. The molecule has 0 bridgehead atoms. The third-order valence-electron chi connectivity index (χ3n) is 7.36. The number of rotatable bonds is 13. The Balaban J connectivity index is 2.59. The van der Waals surface area contributed by atoms with Gasteiger partial charge in [0.05, 0.1) is 13.2 Å². The van der Waals surface area contributed by atoms with E-state index in [1.165, 1.54) is 7.11 Å². The Bertz CT molecular complexity index is 1200. The van der Waals surface area contributed by atoms with E-state index in [0.717, 1.165) is 5.57 Å². The van der Waals surface area contributed by atoms with Crippen molar-refractivity contribution < 1.29 is 28.3 Å². The maximum absolute atomic E-state index is 12.5. The van der Waals surface area contributed by atoms with Gasteiger partial charge in [0.25, 0.3) is 5.91 Å². The van der Waals surface area contributed by atoms with Crippen LogP contribution in [0.15, 0.2) is 59.0 Å². The number of amides is 2. The fourth-order valence-corrected chi connectivity index (χ4v) is 5.23. The Labute approximate surface area is 264 Å². The van der Waals surface area contributed by atoms with Gasteiger partial charge in [-0.2, -0.15) is 0 Å². The fraction of sp³-hybridized carbons (Fsp3) is 0.545. The van der Waals surface area contributed by atoms with Crippen molar-refractivity contribution in [3.8, 4) is 11.8 Å². The van der Waals surface area contributed by atoms with Crippen LogP contribution in [0, 0.1) is 17.8 Å². The van der Waals surface area contributed by atoms with Crippen molar-refractivity contribution in [1.29, 1.82) is 0 Å². The maximum Gasteiger partial charge on any atom is 0.373 e. The number of hydrogen-bond donors (Lipinski definition) is 2. The molecule has 1 rings (SSSR count). The number of carbonyl (C=O) groups excluding carboxylic acids is 3. The predicted octanol–water partition coefficient (Wildman–Crippen LogP) is 6.42. The van der Waals surface area contributed by atoms with Crippen molar-refractivity contribution >= 4 is 37.7 Å². The lowest BCUT2D eigenvalue weighted by molar-refractivity contribution is -0.151. The number of allylic oxidation sites excluding steroid dienone is 4. The lowest BCUT2D eigenvalue weighted by Crippen LogP contribution is -2.44. The first kappa shape index (κ1) is 38.0. The minimum Gasteiger partial charge on any atom is -0.490 e. The zero-order valence-corrected chi connectivity index (χ0v) is 29.1. The van der Waals surface area contributed by atoms with E-state index in [-0.39, 0.29) is 34.8 Å². The number of cyclic esters (lactones) is 1. The van der Waals surface area contributed by atoms with Gasteiger partial charge in [-0.15, -0.1) is 0 Å². The number of hydrogen-bond acceptors (Lipinski definition) is 6. The van der Waals surface area contributed by atoms with E-state index in [1.54, 1.807) is 31.4 Å². The first-order valence-electron chi connectivity index (χ1n) is 14.5. The third-order valence-corrected chi connectivity index (χ3v) is 12.0. The molecule has 0 aliphatic carbocycles. The van der Waals surface area contributed by atoms with E-state index in [2.05, 4.69) is 56.3 Å². The molecule has 43 heavy (non-hydrogen) atoms. The molecule has 0 radical (unpaired) electrons. The van der Waals surface area contributed by atoms with E-state index in [4.69, 9.17) is 25.5 Å². The Morgan fingerprint density at radius 1 is 1.23 bits per heavy atom. The Morgan fingerprint density at radius 3 is 2.49 bits per heavy atom. The summed E-state index contributed by atoms with van der Waals surface area (Å²) >= 11 is 6.05. The molecule has 10 heteroatoms. The number of esters is 1. The minimum atomic E-state index is -1.98. The van der Waals surface area contributed by atoms with Gasteiger partial charge < -0.3 is 24.5 Å². The van der Waals surface area contributed by atoms with Crippen LogP contribution in [-0.4, -0.2) is 51.5 Å². The Morgan fingerprint density at radius 2 is 1.91 bits per heavy atom. The third kappa shape index (κ3) is 14.3. The number of ether oxygens (including phenoxy) is 2. The summed E-state index contributed by atoms with van der Waals surface area (Å²) in [6.07, 6.45) is 13.9. The zero-order chi connectivity index (χ0) is 32.8. The molecule has 0 spiro atoms. The van der Waals surface area contributed by atoms with E-state index in [0.29, 0.717) is 24.3 Å². The molecular weight excluding hydrogens is 584 g/mol. The average Bonchev–Trinajstić information content (AvgIpc) is 2.90. The molecule has 0 fully saturated rings. The second-order valence-electron chi connectivity index (χ2n) is 12.2. The molecule has 0 aromatic rings. The average molecular weight is 633 g/mol. The van der Waals surface area contributed by atoms with Crippen molar-refractivity contribution in [2.45, 2.75) is 104 Å². The highest BCUT2D eigenvalue weighted by Crippen LogP contribution is 2.38. The van der Waals surface area contributed by atoms with Crippen LogP contribution < -0.4 is 10.6 Å². The first-order valence-corrected chi connectivity index (χ1v) is 17.8. The fourth-order valence-electron chi connectivity index (χ4n) is 3.76. The topological polar surface area (TPSA) is 103 Å². The van der Waals surface area contributed by atoms with Gasteiger partial charge in [0.1, 0.15) is 12.1 Å². The molecule has 0 saturated carbocycles. The highest BCUT2D eigenvalue weighted by molar-refractivity contribution is 6.74. The van der Waals surface area contributed by atoms with Gasteiger partial charge in [0.2, 0.25) is 5.91 Å². The van der Waals surface area contributed by atoms with Crippen LogP contribution in [0.4, 0.5) is 0 Å². The Kier molecular flexibility index (Phi) is 15.8. The largest absolute Gasteiger partial charge is 0.490 e. The second kappa shape index (κ2) is 17.9. The van der Waals surface area contributed by atoms with Gasteiger partial charge in [-0.05, 0) is 76.0 Å². The van der Waals surface area contributed by atoms with Crippen molar-refractivity contribution in [1.82, 2.24) is 10.6 Å². The summed E-state index contributed by atoms with van der Waals surface area (Å²) in [5.41, 5.74) is 0.907. The molecule has 0 aromatic carbocycles. The van der Waals surface area contributed by atoms with Crippen LogP contribution in [-0.2, 0) is 28.3 Å². The van der Waals surface area contributed by atoms with Crippen LogP contribution >= 0.6 is 11.6 Å². The zero-order valence-electron chi connectivity index (χ0n) is 27.3. The quantitative estimate of drug-likeness (QED) is 0.105. The summed E-state index contributed by atoms with van der Waals surface area (Å²) in [7, 11) is -0.545. The monoisotopic (exact) mass is 632 g/mol. The van der Waals surface area contributed by atoms with Gasteiger partial charge >= 0.3 is 5.97 Å². The molecule has 0 saturated heterocycles. The lowest BCUT2D eigenvalue weighted by atomic mass is 9.97. The number of nitrogens with one attached hydrogen (secondary N) is 2. The van der Waals surface area contributed by atoms with E-state index in [9.17, 15) is 14.4 Å². The highest BCUT2D eigenvalue weighted by Gasteiger charge is 2.38. The molecule has 1 aliphatic heterocycles. The van der Waals surface area contributed by atoms with Crippen LogP contribution in [0.25, 0.3) is 0 Å². The standard InChI is InChI=1S/C33H49ClN2O6Si/c1-23(22-24(2)28-19-20-29(40-8)32(39)41-28)14-11-12-16-30(37)36-26(4)31(38)35-21-13-15-27(18-17-25(3)34)42-43(9,10)33(5,6)7/h11,13-14,17,20-22,24,26-28H,15,18-19H2,1-10H3,(H,35,38)(H,36,37)/b14-11-,21-13-,23-22+,25-17+/t24-,26-,27+,28-/m0/s1. The van der Waals surface area contributed by atoms with E-state index in [1.807, 2.05) is 39.0 Å². The number of carbonyl (C=O) groups is 3. The van der Waals surface area contributed by atoms with E-state index >= 15 is 0 Å². The highest BCUT2D eigenvalue weighted by atomic mass is 35.5. The van der Waals surface area contributed by atoms with Crippen LogP contribution in [0.2, 0.25) is 18.1 Å². The summed E-state index contributed by atoms with van der Waals surface area (Å²) in [6.45, 7) is 18.3. The number of methoxy groups -OCH3 is 1. The Hall–Kier alpha value is -3.06. The SMILES string of the molecule is COC1=CC[C@@H]([C@@H](C)/C=C(C)/C=C\C#CC(=O)N[C@@H](C)C(=O)N/C=C\C[C@H](C/C=C(\C)Cl)O[Si](C)(C)C(C)(C)C)OC1=O. The summed E-state index contributed by atoms with van der Waals surface area (Å²) < 4.78 is 16.9. The summed E-state index contributed by atoms with van der Waals surface area (Å²) in [4.78, 5) is 36.5. The van der Waals surface area contributed by atoms with Gasteiger partial charge in [0, 0.05) is 17.4 Å². The van der Waals surface area contributed by atoms with Gasteiger partial charge in [-0.1, -0.05) is 75.1 Å². The normalized spacial score (nSPS) is 18.7. The van der Waals surface area contributed by atoms with Gasteiger partial charge in [-0.25, -0.2) is 4.79 Å². The second-order valence-corrected chi connectivity index (χ2v) is 17.5. The summed E-state index contributed by atoms with van der Waals surface area (Å²) in [5, 5.41) is 6.07. The van der Waals surface area contributed by atoms with E-state index < -0.39 is 26.2 Å². The molecule has 2 amide bonds. The van der Waals surface area contributed by atoms with Gasteiger partial charge in [0.15, 0.2) is 14.1 Å². The summed E-state index contributed by atoms with van der Waals surface area (Å²) in [6, 6.07) is -0.773. The van der Waals surface area contributed by atoms with Crippen LogP contribution in [0.3, 0.4) is 0 Å². The molecule has 238 valence electrons. The van der Waals surface area contributed by atoms with Gasteiger partial charge in [-0.3, -0.25) is 9.59 Å². The maximum atomic E-state index is 12.5. The first-order chi connectivity index (χ1) is 20.0. The molecule has 1 heterocycles. The van der Waals surface area contributed by atoms with Crippen LogP contribution in [0.5, 0.6) is 0 Å². The van der Waals surface area contributed by atoms with Crippen molar-refractivity contribution in [2.75, 3.05) is 7.11 Å². The van der Waals surface area contributed by atoms with Crippen molar-refractivity contribution in [2.24, 2.45) is 5.92 Å². The molecule has 2 N–H and O–H groups in total. The van der Waals surface area contributed by atoms with Crippen molar-refractivity contribution in [3.05, 3.63) is 59.0 Å². The predicted molar refractivity (Wildman–Crippen MR) is 175 cm³/mol. The smallest absolute Gasteiger partial charge is 0.373 e. The minimum absolute atomic E-state index is 0.0183.